The second-order valence-electron chi connectivity index (χ2n) is 7.20. The van der Waals surface area contributed by atoms with Gasteiger partial charge in [-0.1, -0.05) is 62.0 Å². The van der Waals surface area contributed by atoms with Crippen molar-refractivity contribution in [3.8, 4) is 5.75 Å². The van der Waals surface area contributed by atoms with Crippen LogP contribution in [0, 0.1) is 0 Å². The summed E-state index contributed by atoms with van der Waals surface area (Å²) in [4.78, 5) is 12.8. The monoisotopic (exact) mass is 364 g/mol. The molecule has 0 bridgehead atoms. The molecule has 0 atom stereocenters. The van der Waals surface area contributed by atoms with E-state index in [0.29, 0.717) is 12.0 Å². The number of ether oxygens (including phenoxy) is 2. The van der Waals surface area contributed by atoms with Crippen LogP contribution in [0.3, 0.4) is 0 Å². The Kier molecular flexibility index (Phi) is 7.00. The second kappa shape index (κ2) is 9.22. The van der Waals surface area contributed by atoms with Gasteiger partial charge in [-0.05, 0) is 56.0 Å². The van der Waals surface area contributed by atoms with E-state index >= 15 is 0 Å². The Morgan fingerprint density at radius 1 is 1.00 bits per heavy atom. The minimum Gasteiger partial charge on any atom is -0.488 e. The quantitative estimate of drug-likeness (QED) is 0.265. The highest BCUT2D eigenvalue weighted by molar-refractivity contribution is 6.24. The van der Waals surface area contributed by atoms with Crippen LogP contribution in [0.2, 0.25) is 0 Å². The molecule has 2 aromatic carbocycles. The van der Waals surface area contributed by atoms with Crippen LogP contribution in [0.5, 0.6) is 5.75 Å². The van der Waals surface area contributed by atoms with Gasteiger partial charge < -0.3 is 9.47 Å². The van der Waals surface area contributed by atoms with Gasteiger partial charge in [0.25, 0.3) is 0 Å². The van der Waals surface area contributed by atoms with E-state index in [1.807, 2.05) is 82.3 Å². The molecule has 0 spiro atoms. The van der Waals surface area contributed by atoms with Gasteiger partial charge in [-0.15, -0.1) is 0 Å². The van der Waals surface area contributed by atoms with E-state index in [0.717, 1.165) is 22.4 Å². The SMILES string of the molecule is C=CCOC(=O)C(=C(CC)c1ccccc1)c1ccc(OC(C)(C)C)cc1. The Morgan fingerprint density at radius 2 is 1.63 bits per heavy atom. The zero-order chi connectivity index (χ0) is 19.9. The molecular weight excluding hydrogens is 336 g/mol. The van der Waals surface area contributed by atoms with Gasteiger partial charge in [0.05, 0.1) is 5.57 Å². The lowest BCUT2D eigenvalue weighted by Crippen LogP contribution is -2.22. The van der Waals surface area contributed by atoms with E-state index in [2.05, 4.69) is 6.58 Å². The normalized spacial score (nSPS) is 12.1. The standard InChI is InChI=1S/C24H28O3/c1-6-17-26-23(25)22(21(7-2)18-11-9-8-10-12-18)19-13-15-20(16-14-19)27-24(3,4)5/h6,8-16H,1,7,17H2,2-5H3. The van der Waals surface area contributed by atoms with Crippen molar-refractivity contribution in [2.45, 2.75) is 39.7 Å². The highest BCUT2D eigenvalue weighted by Gasteiger charge is 2.20. The van der Waals surface area contributed by atoms with Gasteiger partial charge in [-0.2, -0.15) is 0 Å². The molecule has 0 aliphatic heterocycles. The first-order chi connectivity index (χ1) is 12.9. The highest BCUT2D eigenvalue weighted by Crippen LogP contribution is 2.31. The van der Waals surface area contributed by atoms with E-state index in [1.165, 1.54) is 0 Å². The van der Waals surface area contributed by atoms with Gasteiger partial charge in [0.15, 0.2) is 0 Å². The third kappa shape index (κ3) is 5.85. The molecule has 2 rings (SSSR count). The number of benzene rings is 2. The molecule has 2 aromatic rings. The molecule has 0 amide bonds. The van der Waals surface area contributed by atoms with Crippen molar-refractivity contribution in [1.82, 2.24) is 0 Å². The zero-order valence-corrected chi connectivity index (χ0v) is 16.6. The lowest BCUT2D eigenvalue weighted by Gasteiger charge is -2.21. The Hall–Kier alpha value is -2.81. The largest absolute Gasteiger partial charge is 0.488 e. The molecule has 0 radical (unpaired) electrons. The number of hydrogen-bond acceptors (Lipinski definition) is 3. The number of esters is 1. The van der Waals surface area contributed by atoms with Gasteiger partial charge in [0, 0.05) is 0 Å². The smallest absolute Gasteiger partial charge is 0.339 e. The first-order valence-corrected chi connectivity index (χ1v) is 9.21. The maximum atomic E-state index is 12.8. The summed E-state index contributed by atoms with van der Waals surface area (Å²) in [5.74, 6) is 0.419. The molecule has 0 saturated carbocycles. The molecule has 3 heteroatoms. The molecule has 0 N–H and O–H groups in total. The van der Waals surface area contributed by atoms with E-state index in [1.54, 1.807) is 6.08 Å². The predicted octanol–water partition coefficient (Wildman–Crippen LogP) is 5.91. The van der Waals surface area contributed by atoms with Crippen molar-refractivity contribution < 1.29 is 14.3 Å². The first-order valence-electron chi connectivity index (χ1n) is 9.21. The van der Waals surface area contributed by atoms with Crippen LogP contribution in [-0.2, 0) is 9.53 Å². The van der Waals surface area contributed by atoms with Crippen LogP contribution in [0.1, 0.15) is 45.2 Å². The van der Waals surface area contributed by atoms with Gasteiger partial charge in [0.2, 0.25) is 0 Å². The highest BCUT2D eigenvalue weighted by atomic mass is 16.5. The van der Waals surface area contributed by atoms with Gasteiger partial charge in [-0.3, -0.25) is 0 Å². The Labute approximate surface area is 162 Å². The van der Waals surface area contributed by atoms with Crippen LogP contribution in [-0.4, -0.2) is 18.2 Å². The summed E-state index contributed by atoms with van der Waals surface area (Å²) >= 11 is 0. The van der Waals surface area contributed by atoms with Crippen molar-refractivity contribution in [3.05, 3.63) is 78.4 Å². The summed E-state index contributed by atoms with van der Waals surface area (Å²) in [6, 6.07) is 17.5. The van der Waals surface area contributed by atoms with E-state index < -0.39 is 0 Å². The Morgan fingerprint density at radius 3 is 2.15 bits per heavy atom. The van der Waals surface area contributed by atoms with Crippen LogP contribution < -0.4 is 4.74 Å². The fraction of sp³-hybridized carbons (Fsp3) is 0.292. The van der Waals surface area contributed by atoms with Crippen molar-refractivity contribution in [2.75, 3.05) is 6.61 Å². The molecule has 0 unspecified atom stereocenters. The van der Waals surface area contributed by atoms with Crippen LogP contribution in [0.15, 0.2) is 67.3 Å². The Balaban J connectivity index is 2.51. The number of carbonyl (C=O) groups is 1. The maximum Gasteiger partial charge on any atom is 0.339 e. The molecule has 0 aromatic heterocycles. The first kappa shape index (κ1) is 20.5. The van der Waals surface area contributed by atoms with Crippen LogP contribution in [0.4, 0.5) is 0 Å². The lowest BCUT2D eigenvalue weighted by atomic mass is 9.93. The minimum absolute atomic E-state index is 0.180. The molecule has 0 saturated heterocycles. The summed E-state index contributed by atoms with van der Waals surface area (Å²) < 4.78 is 11.3. The number of hydrogen-bond donors (Lipinski definition) is 0. The van der Waals surface area contributed by atoms with Crippen molar-refractivity contribution in [2.24, 2.45) is 0 Å². The van der Waals surface area contributed by atoms with Gasteiger partial charge in [0.1, 0.15) is 18.0 Å². The summed E-state index contributed by atoms with van der Waals surface area (Å²) in [7, 11) is 0. The average molecular weight is 364 g/mol. The predicted molar refractivity (Wildman–Crippen MR) is 112 cm³/mol. The third-order valence-corrected chi connectivity index (χ3v) is 3.88. The molecule has 142 valence electrons. The molecule has 0 aliphatic carbocycles. The van der Waals surface area contributed by atoms with Crippen molar-refractivity contribution >= 4 is 17.1 Å². The summed E-state index contributed by atoms with van der Waals surface area (Å²) in [5, 5.41) is 0. The fourth-order valence-corrected chi connectivity index (χ4v) is 2.83. The lowest BCUT2D eigenvalue weighted by molar-refractivity contribution is -0.135. The molecule has 3 nitrogen and oxygen atoms in total. The molecule has 0 fully saturated rings. The molecular formula is C24H28O3. The summed E-state index contributed by atoms with van der Waals surface area (Å²) in [6.45, 7) is 11.9. The van der Waals surface area contributed by atoms with Crippen LogP contribution >= 0.6 is 0 Å². The van der Waals surface area contributed by atoms with E-state index in [4.69, 9.17) is 9.47 Å². The summed E-state index contributed by atoms with van der Waals surface area (Å²) in [5.41, 5.74) is 3.08. The number of rotatable bonds is 7. The molecule has 27 heavy (non-hydrogen) atoms. The topological polar surface area (TPSA) is 35.5 Å². The number of carbonyl (C=O) groups excluding carboxylic acids is 1. The third-order valence-electron chi connectivity index (χ3n) is 3.88. The summed E-state index contributed by atoms with van der Waals surface area (Å²) in [6.07, 6.45) is 2.28. The van der Waals surface area contributed by atoms with E-state index in [-0.39, 0.29) is 18.2 Å². The second-order valence-corrected chi connectivity index (χ2v) is 7.20. The maximum absolute atomic E-state index is 12.8. The fourth-order valence-electron chi connectivity index (χ4n) is 2.83. The van der Waals surface area contributed by atoms with Crippen molar-refractivity contribution in [1.29, 1.82) is 0 Å². The molecule has 0 heterocycles. The molecule has 0 aliphatic rings. The van der Waals surface area contributed by atoms with E-state index in [9.17, 15) is 4.79 Å². The number of allylic oxidation sites excluding steroid dienone is 1. The minimum atomic E-state index is -0.347. The van der Waals surface area contributed by atoms with Crippen molar-refractivity contribution in [3.63, 3.8) is 0 Å². The van der Waals surface area contributed by atoms with Gasteiger partial charge in [-0.25, -0.2) is 4.79 Å². The Bertz CT molecular complexity index is 794. The average Bonchev–Trinajstić information content (AvgIpc) is 2.64. The van der Waals surface area contributed by atoms with Gasteiger partial charge >= 0.3 is 5.97 Å². The zero-order valence-electron chi connectivity index (χ0n) is 16.6. The van der Waals surface area contributed by atoms with Crippen LogP contribution in [0.25, 0.3) is 11.1 Å².